The molecule has 152 valence electrons. The van der Waals surface area contributed by atoms with Crippen LogP contribution in [-0.4, -0.2) is 59.5 Å². The Labute approximate surface area is 170 Å². The van der Waals surface area contributed by atoms with Gasteiger partial charge in [0.15, 0.2) is 0 Å². The van der Waals surface area contributed by atoms with Crippen molar-refractivity contribution in [2.75, 3.05) is 32.1 Å². The molecule has 0 aromatic carbocycles. The van der Waals surface area contributed by atoms with Crippen molar-refractivity contribution in [2.45, 2.75) is 51.7 Å². The van der Waals surface area contributed by atoms with Gasteiger partial charge in [-0.05, 0) is 58.0 Å². The van der Waals surface area contributed by atoms with Crippen molar-refractivity contribution in [3.8, 4) is 11.8 Å². The summed E-state index contributed by atoms with van der Waals surface area (Å²) in [6.45, 7) is 4.98. The van der Waals surface area contributed by atoms with E-state index in [1.54, 1.807) is 5.57 Å². The third-order valence-electron chi connectivity index (χ3n) is 6.00. The van der Waals surface area contributed by atoms with Crippen LogP contribution >= 0.6 is 11.8 Å². The zero-order valence-corrected chi connectivity index (χ0v) is 18.2. The minimum absolute atomic E-state index is 0.126. The lowest BCUT2D eigenvalue weighted by Crippen LogP contribution is -2.19. The average molecular weight is 392 g/mol. The molecule has 0 aliphatic heterocycles. The van der Waals surface area contributed by atoms with Gasteiger partial charge in [0.2, 0.25) is 0 Å². The van der Waals surface area contributed by atoms with Crippen LogP contribution in [0, 0.1) is 35.5 Å². The molecule has 2 aliphatic rings. The van der Waals surface area contributed by atoms with Crippen LogP contribution in [0.25, 0.3) is 0 Å². The molecule has 4 heteroatoms. The van der Waals surface area contributed by atoms with E-state index in [1.807, 2.05) is 31.7 Å². The molecule has 2 aliphatic carbocycles. The maximum atomic E-state index is 10.5. The summed E-state index contributed by atoms with van der Waals surface area (Å²) < 4.78 is 0. The molecule has 0 unspecified atom stereocenters. The molecule has 0 bridgehead atoms. The second kappa shape index (κ2) is 11.3. The average Bonchev–Trinajstić information content (AvgIpc) is 3.13. The molecule has 0 amide bonds. The summed E-state index contributed by atoms with van der Waals surface area (Å²) >= 11 is 2.00. The van der Waals surface area contributed by atoms with Gasteiger partial charge in [-0.15, -0.1) is 11.8 Å². The smallest absolute Gasteiger partial charge is 0.0755 e. The van der Waals surface area contributed by atoms with E-state index in [0.29, 0.717) is 18.3 Å². The van der Waals surface area contributed by atoms with E-state index in [2.05, 4.69) is 43.0 Å². The number of fused-ring (bicyclic) bond motifs is 1. The van der Waals surface area contributed by atoms with E-state index < -0.39 is 6.10 Å². The van der Waals surface area contributed by atoms with Crippen LogP contribution in [0.15, 0.2) is 23.8 Å². The van der Waals surface area contributed by atoms with Gasteiger partial charge in [-0.1, -0.05) is 30.7 Å². The van der Waals surface area contributed by atoms with E-state index in [-0.39, 0.29) is 17.9 Å². The SMILES string of the molecule is CC#CC[C@@H](C)[C@H](O)/C=C/[C@@H]1[C@H]2C/C(=C/CSCCN(C)C)C[C@H]2C[C@H]1O. The Balaban J connectivity index is 1.85. The highest BCUT2D eigenvalue weighted by molar-refractivity contribution is 7.99. The molecule has 2 fully saturated rings. The molecular formula is C23H37NO2S. The van der Waals surface area contributed by atoms with Crippen LogP contribution < -0.4 is 0 Å². The molecule has 6 atom stereocenters. The predicted octanol–water partition coefficient (Wildman–Crippen LogP) is 3.58. The molecular weight excluding hydrogens is 354 g/mol. The van der Waals surface area contributed by atoms with E-state index in [0.717, 1.165) is 31.6 Å². The molecule has 0 spiro atoms. The molecule has 0 aromatic heterocycles. The monoisotopic (exact) mass is 391 g/mol. The summed E-state index contributed by atoms with van der Waals surface area (Å²) in [5, 5.41) is 20.8. The van der Waals surface area contributed by atoms with E-state index in [9.17, 15) is 10.2 Å². The maximum Gasteiger partial charge on any atom is 0.0755 e. The van der Waals surface area contributed by atoms with Crippen LogP contribution in [0.5, 0.6) is 0 Å². The molecule has 2 N–H and O–H groups in total. The lowest BCUT2D eigenvalue weighted by molar-refractivity contribution is 0.137. The Bertz CT molecular complexity index is 575. The standard InChI is InChI=1S/C23H37NO2S/c1-5-6-7-17(2)22(25)9-8-20-21-15-18(14-19(21)16-23(20)26)10-12-27-13-11-24(3)4/h8-10,17,19-23,25-26H,7,11-16H2,1-4H3/b9-8+,18-10+/t17-,19+,20-,21+,22-,23-/m1/s1. The molecule has 0 saturated heterocycles. The van der Waals surface area contributed by atoms with Crippen molar-refractivity contribution in [2.24, 2.45) is 23.7 Å². The zero-order chi connectivity index (χ0) is 19.8. The van der Waals surface area contributed by atoms with Crippen molar-refractivity contribution in [3.63, 3.8) is 0 Å². The quantitative estimate of drug-likeness (QED) is 0.358. The zero-order valence-electron chi connectivity index (χ0n) is 17.4. The van der Waals surface area contributed by atoms with E-state index >= 15 is 0 Å². The Morgan fingerprint density at radius 1 is 1.33 bits per heavy atom. The number of aliphatic hydroxyl groups is 2. The first-order chi connectivity index (χ1) is 12.9. The van der Waals surface area contributed by atoms with Gasteiger partial charge in [-0.2, -0.15) is 11.8 Å². The van der Waals surface area contributed by atoms with Gasteiger partial charge in [-0.25, -0.2) is 0 Å². The first kappa shape index (κ1) is 22.6. The number of thioether (sulfide) groups is 1. The van der Waals surface area contributed by atoms with Crippen LogP contribution in [0.4, 0.5) is 0 Å². The first-order valence-electron chi connectivity index (χ1n) is 10.3. The molecule has 0 heterocycles. The van der Waals surface area contributed by atoms with Crippen molar-refractivity contribution in [1.82, 2.24) is 4.90 Å². The van der Waals surface area contributed by atoms with Crippen LogP contribution in [-0.2, 0) is 0 Å². The number of allylic oxidation sites excluding steroid dienone is 1. The molecule has 2 rings (SSSR count). The highest BCUT2D eigenvalue weighted by Crippen LogP contribution is 2.50. The van der Waals surface area contributed by atoms with Crippen molar-refractivity contribution in [3.05, 3.63) is 23.8 Å². The summed E-state index contributed by atoms with van der Waals surface area (Å²) in [5.74, 6) is 9.64. The summed E-state index contributed by atoms with van der Waals surface area (Å²) in [4.78, 5) is 2.22. The number of aliphatic hydroxyl groups excluding tert-OH is 2. The Morgan fingerprint density at radius 3 is 2.81 bits per heavy atom. The second-order valence-corrected chi connectivity index (χ2v) is 9.59. The van der Waals surface area contributed by atoms with Gasteiger partial charge in [0, 0.05) is 30.4 Å². The van der Waals surface area contributed by atoms with E-state index in [4.69, 9.17) is 0 Å². The largest absolute Gasteiger partial charge is 0.392 e. The summed E-state index contributed by atoms with van der Waals surface area (Å²) in [5.41, 5.74) is 1.57. The van der Waals surface area contributed by atoms with Crippen molar-refractivity contribution in [1.29, 1.82) is 0 Å². The van der Waals surface area contributed by atoms with Crippen molar-refractivity contribution >= 4 is 11.8 Å². The topological polar surface area (TPSA) is 43.7 Å². The molecule has 0 radical (unpaired) electrons. The van der Waals surface area contributed by atoms with Crippen molar-refractivity contribution < 1.29 is 10.2 Å². The fourth-order valence-electron chi connectivity index (χ4n) is 4.26. The predicted molar refractivity (Wildman–Crippen MR) is 117 cm³/mol. The highest BCUT2D eigenvalue weighted by Gasteiger charge is 2.44. The van der Waals surface area contributed by atoms with Gasteiger partial charge in [0.1, 0.15) is 0 Å². The number of hydrogen-bond donors (Lipinski definition) is 2. The van der Waals surface area contributed by atoms with Crippen LogP contribution in [0.1, 0.15) is 39.5 Å². The van der Waals surface area contributed by atoms with E-state index in [1.165, 1.54) is 5.75 Å². The fourth-order valence-corrected chi connectivity index (χ4v) is 5.28. The Kier molecular flexibility index (Phi) is 9.45. The lowest BCUT2D eigenvalue weighted by Gasteiger charge is -2.19. The lowest BCUT2D eigenvalue weighted by atomic mass is 9.89. The number of hydrogen-bond acceptors (Lipinski definition) is 4. The Morgan fingerprint density at radius 2 is 2.11 bits per heavy atom. The number of rotatable bonds is 9. The highest BCUT2D eigenvalue weighted by atomic mass is 32.2. The Hall–Kier alpha value is -0.730. The van der Waals surface area contributed by atoms with Crippen LogP contribution in [0.2, 0.25) is 0 Å². The summed E-state index contributed by atoms with van der Waals surface area (Å²) in [6.07, 6.45) is 9.53. The fraction of sp³-hybridized carbons (Fsp3) is 0.739. The molecule has 0 aromatic rings. The third-order valence-corrected chi connectivity index (χ3v) is 6.87. The molecule has 3 nitrogen and oxygen atoms in total. The maximum absolute atomic E-state index is 10.5. The molecule has 2 saturated carbocycles. The van der Waals surface area contributed by atoms with Gasteiger partial charge in [0.25, 0.3) is 0 Å². The first-order valence-corrected chi connectivity index (χ1v) is 11.4. The third kappa shape index (κ3) is 6.98. The minimum Gasteiger partial charge on any atom is -0.392 e. The van der Waals surface area contributed by atoms with Gasteiger partial charge >= 0.3 is 0 Å². The minimum atomic E-state index is -0.485. The normalized spacial score (nSPS) is 31.3. The van der Waals surface area contributed by atoms with Gasteiger partial charge in [0.05, 0.1) is 12.2 Å². The summed E-state index contributed by atoms with van der Waals surface area (Å²) in [6, 6.07) is 0. The van der Waals surface area contributed by atoms with Gasteiger partial charge < -0.3 is 15.1 Å². The molecule has 27 heavy (non-hydrogen) atoms. The summed E-state index contributed by atoms with van der Waals surface area (Å²) in [7, 11) is 4.23. The van der Waals surface area contributed by atoms with Crippen LogP contribution in [0.3, 0.4) is 0 Å². The second-order valence-electron chi connectivity index (χ2n) is 8.44. The van der Waals surface area contributed by atoms with Gasteiger partial charge in [-0.3, -0.25) is 0 Å². The number of nitrogens with zero attached hydrogens (tertiary/aromatic N) is 1.